The number of hydrogen-bond donors (Lipinski definition) is 1. The van der Waals surface area contributed by atoms with Gasteiger partial charge in [-0.25, -0.2) is 4.79 Å². The van der Waals surface area contributed by atoms with Crippen LogP contribution in [0.3, 0.4) is 0 Å². The van der Waals surface area contributed by atoms with Crippen molar-refractivity contribution in [3.05, 3.63) is 29.8 Å². The molecule has 1 atom stereocenters. The molecule has 0 aliphatic carbocycles. The summed E-state index contributed by atoms with van der Waals surface area (Å²) in [4.78, 5) is 24.6. The Morgan fingerprint density at radius 1 is 1.43 bits per heavy atom. The summed E-state index contributed by atoms with van der Waals surface area (Å²) in [5, 5.41) is 9.08. The van der Waals surface area contributed by atoms with Crippen LogP contribution in [0.1, 0.15) is 10.4 Å². The van der Waals surface area contributed by atoms with Crippen LogP contribution in [0.4, 0.5) is 8.78 Å². The van der Waals surface area contributed by atoms with Crippen molar-refractivity contribution in [2.75, 3.05) is 19.8 Å². The molecule has 8 heteroatoms. The van der Waals surface area contributed by atoms with Crippen molar-refractivity contribution in [1.29, 1.82) is 0 Å². The molecule has 114 valence electrons. The second kappa shape index (κ2) is 6.49. The van der Waals surface area contributed by atoms with Crippen molar-refractivity contribution in [3.63, 3.8) is 0 Å². The number of rotatable bonds is 4. The van der Waals surface area contributed by atoms with Crippen molar-refractivity contribution in [1.82, 2.24) is 4.90 Å². The molecule has 6 nitrogen and oxygen atoms in total. The van der Waals surface area contributed by atoms with Gasteiger partial charge in [0.15, 0.2) is 6.04 Å². The van der Waals surface area contributed by atoms with E-state index in [9.17, 15) is 18.4 Å². The van der Waals surface area contributed by atoms with Crippen LogP contribution in [0.25, 0.3) is 0 Å². The molecule has 1 aromatic rings. The number of aliphatic carboxylic acids is 1. The quantitative estimate of drug-likeness (QED) is 0.904. The minimum absolute atomic E-state index is 0.0845. The molecule has 0 radical (unpaired) electrons. The van der Waals surface area contributed by atoms with E-state index >= 15 is 0 Å². The van der Waals surface area contributed by atoms with Gasteiger partial charge in [0, 0.05) is 12.1 Å². The summed E-state index contributed by atoms with van der Waals surface area (Å²) in [5.41, 5.74) is 0.0845. The van der Waals surface area contributed by atoms with Crippen LogP contribution in [0, 0.1) is 0 Å². The number of carbonyl (C=O) groups excluding carboxylic acids is 1. The fourth-order valence-corrected chi connectivity index (χ4v) is 2.02. The molecule has 0 saturated carbocycles. The van der Waals surface area contributed by atoms with Gasteiger partial charge < -0.3 is 19.5 Å². The molecular formula is C13H13F2NO5. The largest absolute Gasteiger partial charge is 0.480 e. The molecule has 1 aromatic carbocycles. The number of morpholine rings is 1. The molecule has 0 bridgehead atoms. The molecule has 1 unspecified atom stereocenters. The van der Waals surface area contributed by atoms with Crippen LogP contribution in [-0.2, 0) is 9.53 Å². The van der Waals surface area contributed by atoms with Crippen molar-refractivity contribution < 1.29 is 33.0 Å². The average molecular weight is 301 g/mol. The molecule has 21 heavy (non-hydrogen) atoms. The Balaban J connectivity index is 2.20. The Morgan fingerprint density at radius 2 is 2.19 bits per heavy atom. The van der Waals surface area contributed by atoms with Crippen molar-refractivity contribution >= 4 is 11.9 Å². The third-order valence-electron chi connectivity index (χ3n) is 2.98. The third kappa shape index (κ3) is 3.66. The van der Waals surface area contributed by atoms with Gasteiger partial charge in [-0.15, -0.1) is 0 Å². The number of carboxylic acid groups (broad SMARTS) is 1. The van der Waals surface area contributed by atoms with Gasteiger partial charge in [-0.05, 0) is 18.2 Å². The zero-order valence-corrected chi connectivity index (χ0v) is 10.9. The fourth-order valence-electron chi connectivity index (χ4n) is 2.02. The molecule has 1 N–H and O–H groups in total. The second-order valence-corrected chi connectivity index (χ2v) is 4.33. The maximum atomic E-state index is 12.3. The molecule has 2 rings (SSSR count). The van der Waals surface area contributed by atoms with Gasteiger partial charge >= 0.3 is 12.6 Å². The van der Waals surface area contributed by atoms with Gasteiger partial charge in [-0.3, -0.25) is 4.79 Å². The lowest BCUT2D eigenvalue weighted by Gasteiger charge is -2.32. The van der Waals surface area contributed by atoms with E-state index in [-0.39, 0.29) is 31.1 Å². The summed E-state index contributed by atoms with van der Waals surface area (Å²) >= 11 is 0. The Labute approximate surface area is 118 Å². The van der Waals surface area contributed by atoms with Crippen LogP contribution in [0.15, 0.2) is 24.3 Å². The number of ether oxygens (including phenoxy) is 2. The van der Waals surface area contributed by atoms with Crippen LogP contribution in [0.5, 0.6) is 5.75 Å². The number of carbonyl (C=O) groups is 2. The van der Waals surface area contributed by atoms with Gasteiger partial charge in [0.05, 0.1) is 13.2 Å². The van der Waals surface area contributed by atoms with Gasteiger partial charge in [0.1, 0.15) is 5.75 Å². The lowest BCUT2D eigenvalue weighted by Crippen LogP contribution is -2.52. The van der Waals surface area contributed by atoms with Crippen molar-refractivity contribution in [2.24, 2.45) is 0 Å². The molecule has 1 aliphatic heterocycles. The Morgan fingerprint density at radius 3 is 2.86 bits per heavy atom. The number of alkyl halides is 2. The Bertz CT molecular complexity index is 537. The lowest BCUT2D eigenvalue weighted by molar-refractivity contribution is -0.147. The van der Waals surface area contributed by atoms with E-state index in [1.165, 1.54) is 18.2 Å². The van der Waals surface area contributed by atoms with Gasteiger partial charge in [0.25, 0.3) is 5.91 Å². The molecular weight excluding hydrogens is 288 g/mol. The number of hydrogen-bond acceptors (Lipinski definition) is 4. The SMILES string of the molecule is O=C(O)C1COCCN1C(=O)c1cccc(OC(F)F)c1. The number of carboxylic acids is 1. The standard InChI is InChI=1S/C13H13F2NO5/c14-13(15)21-9-3-1-2-8(6-9)11(17)16-4-5-20-7-10(16)12(18)19/h1-3,6,10,13H,4-5,7H2,(H,18,19). The fraction of sp³-hybridized carbons (Fsp3) is 0.385. The Hall–Kier alpha value is -2.22. The maximum absolute atomic E-state index is 12.3. The molecule has 1 saturated heterocycles. The summed E-state index contributed by atoms with van der Waals surface area (Å²) in [6.45, 7) is -2.75. The van der Waals surface area contributed by atoms with Crippen molar-refractivity contribution in [2.45, 2.75) is 12.7 Å². The van der Waals surface area contributed by atoms with Crippen LogP contribution in [-0.4, -0.2) is 54.3 Å². The highest BCUT2D eigenvalue weighted by Crippen LogP contribution is 2.19. The Kier molecular flexibility index (Phi) is 4.69. The van der Waals surface area contributed by atoms with Crippen LogP contribution < -0.4 is 4.74 Å². The highest BCUT2D eigenvalue weighted by atomic mass is 19.3. The summed E-state index contributed by atoms with van der Waals surface area (Å²) in [7, 11) is 0. The molecule has 1 amide bonds. The number of nitrogens with zero attached hydrogens (tertiary/aromatic N) is 1. The third-order valence-corrected chi connectivity index (χ3v) is 2.98. The van der Waals surface area contributed by atoms with Crippen LogP contribution in [0.2, 0.25) is 0 Å². The van der Waals surface area contributed by atoms with Gasteiger partial charge in [0.2, 0.25) is 0 Å². The van der Waals surface area contributed by atoms with Gasteiger partial charge in [-0.1, -0.05) is 6.07 Å². The highest BCUT2D eigenvalue weighted by molar-refractivity contribution is 5.97. The number of amides is 1. The number of halogens is 2. The minimum Gasteiger partial charge on any atom is -0.480 e. The summed E-state index contributed by atoms with van der Waals surface area (Å²) in [5.74, 6) is -1.90. The highest BCUT2D eigenvalue weighted by Gasteiger charge is 2.33. The monoisotopic (exact) mass is 301 g/mol. The van der Waals surface area contributed by atoms with E-state index < -0.39 is 24.5 Å². The maximum Gasteiger partial charge on any atom is 0.387 e. The lowest BCUT2D eigenvalue weighted by atomic mass is 10.1. The van der Waals surface area contributed by atoms with E-state index in [0.29, 0.717) is 0 Å². The molecule has 1 aliphatic rings. The first-order chi connectivity index (χ1) is 9.99. The van der Waals surface area contributed by atoms with E-state index in [2.05, 4.69) is 4.74 Å². The first-order valence-corrected chi connectivity index (χ1v) is 6.15. The zero-order chi connectivity index (χ0) is 15.4. The van der Waals surface area contributed by atoms with Gasteiger partial charge in [-0.2, -0.15) is 8.78 Å². The topological polar surface area (TPSA) is 76.1 Å². The average Bonchev–Trinajstić information content (AvgIpc) is 2.46. The van der Waals surface area contributed by atoms with E-state index in [1.54, 1.807) is 0 Å². The first-order valence-electron chi connectivity index (χ1n) is 6.15. The predicted octanol–water partition coefficient (Wildman–Crippen LogP) is 1.21. The van der Waals surface area contributed by atoms with Crippen LogP contribution >= 0.6 is 0 Å². The molecule has 1 fully saturated rings. The second-order valence-electron chi connectivity index (χ2n) is 4.33. The normalized spacial score (nSPS) is 18.6. The molecule has 0 aromatic heterocycles. The zero-order valence-electron chi connectivity index (χ0n) is 10.9. The first kappa shape index (κ1) is 15.2. The molecule has 1 heterocycles. The smallest absolute Gasteiger partial charge is 0.387 e. The molecule has 0 spiro atoms. The minimum atomic E-state index is -2.99. The summed E-state index contributed by atoms with van der Waals surface area (Å²) in [6, 6.07) is 4.15. The van der Waals surface area contributed by atoms with E-state index in [4.69, 9.17) is 9.84 Å². The summed E-state index contributed by atoms with van der Waals surface area (Å²) < 4.78 is 33.6. The van der Waals surface area contributed by atoms with E-state index in [1.807, 2.05) is 0 Å². The summed E-state index contributed by atoms with van der Waals surface area (Å²) in [6.07, 6.45) is 0. The van der Waals surface area contributed by atoms with Crippen molar-refractivity contribution in [3.8, 4) is 5.75 Å². The predicted molar refractivity (Wildman–Crippen MR) is 66.4 cm³/mol. The van der Waals surface area contributed by atoms with E-state index in [0.717, 1.165) is 11.0 Å². The number of benzene rings is 1.